The maximum Gasteiger partial charge on any atom is 0.326 e. The van der Waals surface area contributed by atoms with Gasteiger partial charge < -0.3 is 21.9 Å². The Morgan fingerprint density at radius 2 is 2.31 bits per heavy atom. The maximum absolute atomic E-state index is 10.6. The topological polar surface area (TPSA) is 131 Å². The van der Waals surface area contributed by atoms with Gasteiger partial charge in [0.2, 0.25) is 5.91 Å². The molecule has 8 heteroatoms. The van der Waals surface area contributed by atoms with Gasteiger partial charge in [-0.15, -0.1) is 11.3 Å². The van der Waals surface area contributed by atoms with E-state index in [4.69, 9.17) is 16.6 Å². The predicted molar refractivity (Wildman–Crippen MR) is 59.0 cm³/mol. The molecule has 0 saturated heterocycles. The Morgan fingerprint density at radius 3 is 2.88 bits per heavy atom. The van der Waals surface area contributed by atoms with Gasteiger partial charge in [0.05, 0.1) is 5.69 Å². The number of aliphatic carboxylic acids is 1. The lowest BCUT2D eigenvalue weighted by Gasteiger charge is -2.01. The van der Waals surface area contributed by atoms with Crippen LogP contribution in [0.2, 0.25) is 0 Å². The first kappa shape index (κ1) is 12.4. The number of hydrogen-bond acceptors (Lipinski definition) is 6. The van der Waals surface area contributed by atoms with E-state index in [9.17, 15) is 9.59 Å². The van der Waals surface area contributed by atoms with Crippen LogP contribution in [0.3, 0.4) is 0 Å². The molecule has 0 aromatic carbocycles. The van der Waals surface area contributed by atoms with Gasteiger partial charge in [-0.3, -0.25) is 9.59 Å². The minimum Gasteiger partial charge on any atom is -0.480 e. The highest BCUT2D eigenvalue weighted by Crippen LogP contribution is 2.19. The van der Waals surface area contributed by atoms with Crippen molar-refractivity contribution >= 4 is 28.3 Å². The zero-order valence-corrected chi connectivity index (χ0v) is 9.16. The molecule has 0 saturated carbocycles. The molecule has 0 radical (unpaired) electrons. The van der Waals surface area contributed by atoms with Gasteiger partial charge in [-0.1, -0.05) is 0 Å². The number of thiazole rings is 1. The average molecular weight is 244 g/mol. The van der Waals surface area contributed by atoms with Crippen molar-refractivity contribution in [1.82, 2.24) is 4.98 Å². The standard InChI is InChI=1S/C8H12N4O3S/c9-5(13)1-2-11-8-12-4(3-16-8)6(10)7(14)15/h3,6H,1-2,10H2,(H2,9,13)(H,11,12)(H,14,15). The Hall–Kier alpha value is -1.67. The first-order chi connectivity index (χ1) is 7.50. The first-order valence-electron chi connectivity index (χ1n) is 4.46. The summed E-state index contributed by atoms with van der Waals surface area (Å²) in [6.45, 7) is 0.366. The van der Waals surface area contributed by atoms with Crippen LogP contribution < -0.4 is 16.8 Å². The highest BCUT2D eigenvalue weighted by molar-refractivity contribution is 7.13. The molecule has 1 heterocycles. The van der Waals surface area contributed by atoms with Crippen LogP contribution in [0.4, 0.5) is 5.13 Å². The monoisotopic (exact) mass is 244 g/mol. The molecule has 0 spiro atoms. The molecule has 0 aliphatic rings. The molecule has 1 rings (SSSR count). The van der Waals surface area contributed by atoms with Crippen LogP contribution in [0.5, 0.6) is 0 Å². The van der Waals surface area contributed by atoms with Crippen molar-refractivity contribution < 1.29 is 14.7 Å². The minimum atomic E-state index is -1.13. The van der Waals surface area contributed by atoms with E-state index >= 15 is 0 Å². The van der Waals surface area contributed by atoms with Crippen LogP contribution in [0, 0.1) is 0 Å². The van der Waals surface area contributed by atoms with Crippen molar-refractivity contribution in [3.05, 3.63) is 11.1 Å². The van der Waals surface area contributed by atoms with Crippen molar-refractivity contribution in [3.8, 4) is 0 Å². The van der Waals surface area contributed by atoms with E-state index in [1.165, 1.54) is 11.3 Å². The van der Waals surface area contributed by atoms with Crippen molar-refractivity contribution in [2.45, 2.75) is 12.5 Å². The number of nitrogens with one attached hydrogen (secondary N) is 1. The average Bonchev–Trinajstić information content (AvgIpc) is 2.64. The van der Waals surface area contributed by atoms with Gasteiger partial charge in [0.25, 0.3) is 0 Å². The molecule has 1 atom stereocenters. The van der Waals surface area contributed by atoms with Gasteiger partial charge in [-0.2, -0.15) is 0 Å². The van der Waals surface area contributed by atoms with E-state index in [0.29, 0.717) is 17.4 Å². The van der Waals surface area contributed by atoms with Gasteiger partial charge in [-0.05, 0) is 0 Å². The number of nitrogens with zero attached hydrogens (tertiary/aromatic N) is 1. The third-order valence-corrected chi connectivity index (χ3v) is 2.57. The minimum absolute atomic E-state index is 0.194. The summed E-state index contributed by atoms with van der Waals surface area (Å²) in [4.78, 5) is 25.0. The van der Waals surface area contributed by atoms with Crippen molar-refractivity contribution in [2.24, 2.45) is 11.5 Å². The lowest BCUT2D eigenvalue weighted by atomic mass is 10.2. The third kappa shape index (κ3) is 3.48. The number of hydrogen-bond donors (Lipinski definition) is 4. The number of carboxylic acids is 1. The first-order valence-corrected chi connectivity index (χ1v) is 5.34. The summed E-state index contributed by atoms with van der Waals surface area (Å²) < 4.78 is 0. The van der Waals surface area contributed by atoms with E-state index in [-0.39, 0.29) is 6.42 Å². The summed E-state index contributed by atoms with van der Waals surface area (Å²) in [5.41, 5.74) is 10.6. The zero-order valence-electron chi connectivity index (χ0n) is 8.34. The van der Waals surface area contributed by atoms with E-state index < -0.39 is 17.9 Å². The number of rotatable bonds is 6. The summed E-state index contributed by atoms with van der Waals surface area (Å²) in [7, 11) is 0. The fourth-order valence-electron chi connectivity index (χ4n) is 0.929. The Labute approximate surface area is 95.5 Å². The number of carbonyl (C=O) groups is 2. The molecule has 0 fully saturated rings. The smallest absolute Gasteiger partial charge is 0.326 e. The fraction of sp³-hybridized carbons (Fsp3) is 0.375. The summed E-state index contributed by atoms with van der Waals surface area (Å²) in [5, 5.41) is 13.6. The molecule has 0 bridgehead atoms. The molecule has 0 aliphatic carbocycles. The highest BCUT2D eigenvalue weighted by Gasteiger charge is 2.17. The van der Waals surface area contributed by atoms with Crippen LogP contribution in [-0.2, 0) is 9.59 Å². The van der Waals surface area contributed by atoms with E-state index in [2.05, 4.69) is 10.3 Å². The fourth-order valence-corrected chi connectivity index (χ4v) is 1.70. The maximum atomic E-state index is 10.6. The number of nitrogens with two attached hydrogens (primary N) is 2. The molecule has 1 aromatic rings. The Kier molecular flexibility index (Phi) is 4.20. The number of carboxylic acid groups (broad SMARTS) is 1. The number of carbonyl (C=O) groups excluding carboxylic acids is 1. The third-order valence-electron chi connectivity index (χ3n) is 1.75. The molecule has 7 nitrogen and oxygen atoms in total. The van der Waals surface area contributed by atoms with Crippen LogP contribution >= 0.6 is 11.3 Å². The van der Waals surface area contributed by atoms with Gasteiger partial charge >= 0.3 is 5.97 Å². The zero-order chi connectivity index (χ0) is 12.1. The van der Waals surface area contributed by atoms with E-state index in [0.717, 1.165) is 0 Å². The molecule has 1 amide bonds. The van der Waals surface area contributed by atoms with Crippen LogP contribution in [0.25, 0.3) is 0 Å². The highest BCUT2D eigenvalue weighted by atomic mass is 32.1. The Bertz CT molecular complexity index is 392. The molecule has 6 N–H and O–H groups in total. The summed E-state index contributed by atoms with van der Waals surface area (Å²) in [6.07, 6.45) is 0.194. The van der Waals surface area contributed by atoms with Crippen LogP contribution in [0.15, 0.2) is 5.38 Å². The van der Waals surface area contributed by atoms with E-state index in [1.807, 2.05) is 0 Å². The second-order valence-electron chi connectivity index (χ2n) is 3.04. The normalized spacial score (nSPS) is 12.1. The predicted octanol–water partition coefficient (Wildman–Crippen LogP) is -0.485. The molecule has 1 aromatic heterocycles. The van der Waals surface area contributed by atoms with Crippen molar-refractivity contribution in [1.29, 1.82) is 0 Å². The van der Waals surface area contributed by atoms with Gasteiger partial charge in [0.15, 0.2) is 5.13 Å². The Morgan fingerprint density at radius 1 is 1.62 bits per heavy atom. The van der Waals surface area contributed by atoms with Crippen LogP contribution in [0.1, 0.15) is 18.2 Å². The summed E-state index contributed by atoms with van der Waals surface area (Å²) in [6, 6.07) is -1.12. The van der Waals surface area contributed by atoms with Crippen molar-refractivity contribution in [2.75, 3.05) is 11.9 Å². The molecular weight excluding hydrogens is 232 g/mol. The second kappa shape index (κ2) is 5.42. The number of aromatic nitrogens is 1. The Balaban J connectivity index is 2.51. The lowest BCUT2D eigenvalue weighted by molar-refractivity contribution is -0.138. The summed E-state index contributed by atoms with van der Waals surface area (Å²) in [5.74, 6) is -1.54. The molecule has 0 aliphatic heterocycles. The quantitative estimate of drug-likeness (QED) is 0.534. The van der Waals surface area contributed by atoms with Crippen LogP contribution in [-0.4, -0.2) is 28.5 Å². The molecule has 1 unspecified atom stereocenters. The summed E-state index contributed by atoms with van der Waals surface area (Å²) >= 11 is 1.23. The van der Waals surface area contributed by atoms with Gasteiger partial charge in [0.1, 0.15) is 6.04 Å². The van der Waals surface area contributed by atoms with Crippen molar-refractivity contribution in [3.63, 3.8) is 0 Å². The second-order valence-corrected chi connectivity index (χ2v) is 3.89. The number of anilines is 1. The SMILES string of the molecule is NC(=O)CCNc1nc(C(N)C(=O)O)cs1. The largest absolute Gasteiger partial charge is 0.480 e. The molecule has 16 heavy (non-hydrogen) atoms. The molecule has 88 valence electrons. The van der Waals surface area contributed by atoms with Gasteiger partial charge in [0, 0.05) is 18.3 Å². The number of amides is 1. The molecular formula is C8H12N4O3S. The lowest BCUT2D eigenvalue weighted by Crippen LogP contribution is -2.21. The number of primary amides is 1. The van der Waals surface area contributed by atoms with Gasteiger partial charge in [-0.25, -0.2) is 4.98 Å². The van der Waals surface area contributed by atoms with E-state index in [1.54, 1.807) is 5.38 Å².